The minimum absolute atomic E-state index is 0.0208. The van der Waals surface area contributed by atoms with Crippen molar-refractivity contribution in [3.05, 3.63) is 0 Å². The normalized spacial score (nSPS) is 34.6. The Morgan fingerprint density at radius 2 is 2.30 bits per heavy atom. The number of nitrogens with zero attached hydrogens (tertiary/aromatic N) is 1. The molecule has 1 aliphatic heterocycles. The summed E-state index contributed by atoms with van der Waals surface area (Å²) in [6.07, 6.45) is -1.59. The summed E-state index contributed by atoms with van der Waals surface area (Å²) in [7, 11) is 0. The molecule has 0 aliphatic carbocycles. The number of alkyl halides is 1. The molecule has 2 atom stereocenters. The van der Waals surface area contributed by atoms with Gasteiger partial charge in [-0.15, -0.1) is 9.60 Å². The molecule has 0 aromatic heterocycles. The standard InChI is InChI=1S/C5H7F2NO2/c6-3-1-4(5(9)10)8(7)2-3/h3-4H,1-2H2,(H,9,10). The van der Waals surface area contributed by atoms with Crippen LogP contribution in [-0.2, 0) is 4.79 Å². The Morgan fingerprint density at radius 1 is 1.70 bits per heavy atom. The molecule has 10 heavy (non-hydrogen) atoms. The Labute approximate surface area is 56.2 Å². The van der Waals surface area contributed by atoms with Gasteiger partial charge in [-0.3, -0.25) is 4.79 Å². The highest BCUT2D eigenvalue weighted by Gasteiger charge is 2.37. The van der Waals surface area contributed by atoms with E-state index in [1.54, 1.807) is 0 Å². The van der Waals surface area contributed by atoms with Crippen molar-refractivity contribution in [1.29, 1.82) is 0 Å². The van der Waals surface area contributed by atoms with E-state index in [0.29, 0.717) is 0 Å². The molecule has 1 heterocycles. The van der Waals surface area contributed by atoms with Gasteiger partial charge < -0.3 is 5.11 Å². The molecule has 1 aliphatic rings. The average Bonchev–Trinajstić information content (AvgIpc) is 2.10. The summed E-state index contributed by atoms with van der Waals surface area (Å²) in [5, 5.41) is 8.27. The quantitative estimate of drug-likeness (QED) is 0.550. The smallest absolute Gasteiger partial charge is 0.323 e. The van der Waals surface area contributed by atoms with Crippen molar-refractivity contribution < 1.29 is 18.8 Å². The highest BCUT2D eigenvalue weighted by atomic mass is 19.2. The van der Waals surface area contributed by atoms with E-state index < -0.39 is 24.7 Å². The van der Waals surface area contributed by atoms with E-state index in [9.17, 15) is 13.7 Å². The van der Waals surface area contributed by atoms with Crippen LogP contribution >= 0.6 is 0 Å². The fourth-order valence-corrected chi connectivity index (χ4v) is 0.968. The molecule has 5 heteroatoms. The predicted molar refractivity (Wildman–Crippen MR) is 28.8 cm³/mol. The van der Waals surface area contributed by atoms with Gasteiger partial charge in [0.05, 0.1) is 6.54 Å². The Kier molecular flexibility index (Phi) is 1.85. The molecule has 58 valence electrons. The second kappa shape index (κ2) is 2.49. The fraction of sp³-hybridized carbons (Fsp3) is 0.800. The van der Waals surface area contributed by atoms with Gasteiger partial charge in [-0.1, -0.05) is 0 Å². The van der Waals surface area contributed by atoms with Gasteiger partial charge in [-0.25, -0.2) is 4.39 Å². The number of carbonyl (C=O) groups is 1. The molecule has 1 N–H and O–H groups in total. The first-order chi connectivity index (χ1) is 4.61. The minimum Gasteiger partial charge on any atom is -0.480 e. The lowest BCUT2D eigenvalue weighted by Crippen LogP contribution is -2.29. The lowest BCUT2D eigenvalue weighted by molar-refractivity contribution is -0.148. The van der Waals surface area contributed by atoms with Crippen molar-refractivity contribution in [3.8, 4) is 0 Å². The maximum atomic E-state index is 12.3. The maximum Gasteiger partial charge on any atom is 0.323 e. The van der Waals surface area contributed by atoms with Crippen LogP contribution in [0.5, 0.6) is 0 Å². The van der Waals surface area contributed by atoms with Crippen LogP contribution in [0.1, 0.15) is 6.42 Å². The van der Waals surface area contributed by atoms with Crippen molar-refractivity contribution >= 4 is 5.97 Å². The van der Waals surface area contributed by atoms with Gasteiger partial charge in [-0.05, 0) is 0 Å². The third kappa shape index (κ3) is 1.23. The summed E-state index contributed by atoms with van der Waals surface area (Å²) in [5.74, 6) is -1.30. The number of carboxylic acids is 1. The summed E-state index contributed by atoms with van der Waals surface area (Å²) < 4.78 is 24.5. The molecule has 1 fully saturated rings. The first kappa shape index (κ1) is 7.40. The zero-order chi connectivity index (χ0) is 7.72. The molecule has 1 rings (SSSR count). The molecule has 0 saturated carbocycles. The predicted octanol–water partition coefficient (Wildman–Crippen LogP) is 0.368. The first-order valence-electron chi connectivity index (χ1n) is 2.90. The average molecular weight is 151 g/mol. The van der Waals surface area contributed by atoms with Gasteiger partial charge in [0.15, 0.2) is 0 Å². The van der Waals surface area contributed by atoms with Crippen LogP contribution in [0, 0.1) is 0 Å². The topological polar surface area (TPSA) is 40.5 Å². The summed E-state index contributed by atoms with van der Waals surface area (Å²) in [6, 6.07) is -1.28. The van der Waals surface area contributed by atoms with E-state index in [4.69, 9.17) is 5.11 Å². The number of rotatable bonds is 1. The van der Waals surface area contributed by atoms with Gasteiger partial charge in [-0.2, -0.15) is 0 Å². The van der Waals surface area contributed by atoms with Crippen molar-refractivity contribution in [1.82, 2.24) is 5.12 Å². The minimum atomic E-state index is -1.34. The number of aliphatic carboxylic acids is 1. The van der Waals surface area contributed by atoms with E-state index >= 15 is 0 Å². The maximum absolute atomic E-state index is 12.3. The zero-order valence-electron chi connectivity index (χ0n) is 5.13. The van der Waals surface area contributed by atoms with Gasteiger partial charge in [0.25, 0.3) is 0 Å². The van der Waals surface area contributed by atoms with Crippen molar-refractivity contribution in [2.45, 2.75) is 18.6 Å². The third-order valence-electron chi connectivity index (χ3n) is 1.47. The van der Waals surface area contributed by atoms with E-state index in [1.165, 1.54) is 0 Å². The molecule has 3 nitrogen and oxygen atoms in total. The van der Waals surface area contributed by atoms with Gasteiger partial charge in [0, 0.05) is 6.42 Å². The Balaban J connectivity index is 2.54. The highest BCUT2D eigenvalue weighted by molar-refractivity contribution is 5.73. The number of hydrogen-bond donors (Lipinski definition) is 1. The molecule has 2 unspecified atom stereocenters. The summed E-state index contributed by atoms with van der Waals surface area (Å²) in [5.41, 5.74) is 0. The van der Waals surface area contributed by atoms with Crippen LogP contribution < -0.4 is 0 Å². The molecule has 0 radical (unpaired) electrons. The van der Waals surface area contributed by atoms with E-state index in [2.05, 4.69) is 0 Å². The van der Waals surface area contributed by atoms with Crippen molar-refractivity contribution in [3.63, 3.8) is 0 Å². The zero-order valence-corrected chi connectivity index (χ0v) is 5.13. The van der Waals surface area contributed by atoms with Crippen LogP contribution in [0.4, 0.5) is 8.87 Å². The largest absolute Gasteiger partial charge is 0.480 e. The van der Waals surface area contributed by atoms with Crippen LogP contribution in [0.2, 0.25) is 0 Å². The first-order valence-corrected chi connectivity index (χ1v) is 2.90. The van der Waals surface area contributed by atoms with Crippen LogP contribution in [0.3, 0.4) is 0 Å². The third-order valence-corrected chi connectivity index (χ3v) is 1.47. The second-order valence-electron chi connectivity index (χ2n) is 2.27. The molecule has 0 amide bonds. The molecular formula is C5H7F2NO2. The van der Waals surface area contributed by atoms with Crippen LogP contribution in [-0.4, -0.2) is 35.0 Å². The van der Waals surface area contributed by atoms with E-state index in [0.717, 1.165) is 0 Å². The fourth-order valence-electron chi connectivity index (χ4n) is 0.968. The van der Waals surface area contributed by atoms with Crippen LogP contribution in [0.25, 0.3) is 0 Å². The van der Waals surface area contributed by atoms with Gasteiger partial charge in [0.2, 0.25) is 0 Å². The van der Waals surface area contributed by atoms with E-state index in [1.807, 2.05) is 0 Å². The lowest BCUT2D eigenvalue weighted by Gasteiger charge is -2.07. The van der Waals surface area contributed by atoms with Crippen molar-refractivity contribution in [2.24, 2.45) is 0 Å². The Bertz CT molecular complexity index is 153. The summed E-state index contributed by atoms with van der Waals surface area (Å²) in [4.78, 5) is 10.1. The second-order valence-corrected chi connectivity index (χ2v) is 2.27. The van der Waals surface area contributed by atoms with Gasteiger partial charge in [0.1, 0.15) is 12.2 Å². The number of hydrogen-bond acceptors (Lipinski definition) is 2. The molecule has 1 saturated heterocycles. The molecule has 0 aromatic carbocycles. The van der Waals surface area contributed by atoms with E-state index in [-0.39, 0.29) is 11.5 Å². The number of carboxylic acid groups (broad SMARTS) is 1. The molecule has 0 aromatic rings. The Morgan fingerprint density at radius 3 is 2.50 bits per heavy atom. The lowest BCUT2D eigenvalue weighted by atomic mass is 10.2. The molecule has 0 spiro atoms. The molecular weight excluding hydrogens is 144 g/mol. The number of halogens is 2. The van der Waals surface area contributed by atoms with Crippen LogP contribution in [0.15, 0.2) is 0 Å². The van der Waals surface area contributed by atoms with Gasteiger partial charge >= 0.3 is 5.97 Å². The summed E-state index contributed by atoms with van der Waals surface area (Å²) >= 11 is 0. The highest BCUT2D eigenvalue weighted by Crippen LogP contribution is 2.20. The van der Waals surface area contributed by atoms with Crippen molar-refractivity contribution in [2.75, 3.05) is 6.54 Å². The summed E-state index contributed by atoms with van der Waals surface area (Å²) in [6.45, 7) is -0.420. The molecule has 0 bridgehead atoms. The SMILES string of the molecule is O=C(O)C1CC(F)CN1F. The monoisotopic (exact) mass is 151 g/mol. The Hall–Kier alpha value is -0.710.